The Morgan fingerprint density at radius 3 is 2.75 bits per heavy atom. The quantitative estimate of drug-likeness (QED) is 0.706. The summed E-state index contributed by atoms with van der Waals surface area (Å²) in [5.74, 6) is 0.588. The van der Waals surface area contributed by atoms with Crippen LogP contribution < -0.4 is 10.1 Å². The van der Waals surface area contributed by atoms with Crippen LogP contribution >= 0.6 is 0 Å². The second-order valence-electron chi connectivity index (χ2n) is 7.17. The highest BCUT2D eigenvalue weighted by molar-refractivity contribution is 7.91. The Hall–Kier alpha value is -2.58. The number of nitrogens with one attached hydrogen (secondary N) is 1. The maximum absolute atomic E-state index is 12.5. The van der Waals surface area contributed by atoms with Gasteiger partial charge in [-0.05, 0) is 25.6 Å². The molecule has 0 saturated carbocycles. The van der Waals surface area contributed by atoms with E-state index in [-0.39, 0.29) is 30.0 Å². The summed E-state index contributed by atoms with van der Waals surface area (Å²) in [6.07, 6.45) is 0.556. The molecule has 7 nitrogen and oxygen atoms in total. The summed E-state index contributed by atoms with van der Waals surface area (Å²) in [6, 6.07) is 11.2. The van der Waals surface area contributed by atoms with Gasteiger partial charge < -0.3 is 14.5 Å². The molecule has 8 heteroatoms. The van der Waals surface area contributed by atoms with Crippen molar-refractivity contribution in [1.29, 1.82) is 0 Å². The molecule has 1 amide bonds. The van der Waals surface area contributed by atoms with Gasteiger partial charge >= 0.3 is 0 Å². The number of carbonyl (C=O) groups excluding carboxylic acids is 1. The van der Waals surface area contributed by atoms with Gasteiger partial charge in [-0.25, -0.2) is 8.42 Å². The van der Waals surface area contributed by atoms with Crippen LogP contribution in [-0.2, 0) is 14.6 Å². The lowest BCUT2D eigenvalue weighted by atomic mass is 10.1. The molecular weight excluding hydrogens is 380 g/mol. The molecule has 0 spiro atoms. The van der Waals surface area contributed by atoms with Gasteiger partial charge in [0.2, 0.25) is 5.91 Å². The Kier molecular flexibility index (Phi) is 4.76. The highest BCUT2D eigenvalue weighted by Gasteiger charge is 2.31. The maximum atomic E-state index is 12.5. The van der Waals surface area contributed by atoms with Gasteiger partial charge in [-0.3, -0.25) is 9.69 Å². The first-order valence-corrected chi connectivity index (χ1v) is 10.9. The van der Waals surface area contributed by atoms with Gasteiger partial charge in [-0.1, -0.05) is 18.2 Å². The molecule has 3 aromatic rings. The van der Waals surface area contributed by atoms with E-state index >= 15 is 0 Å². The second kappa shape index (κ2) is 7.10. The average molecular weight is 402 g/mol. The summed E-state index contributed by atoms with van der Waals surface area (Å²) in [4.78, 5) is 14.3. The highest BCUT2D eigenvalue weighted by Crippen LogP contribution is 2.36. The van der Waals surface area contributed by atoms with E-state index in [9.17, 15) is 13.2 Å². The van der Waals surface area contributed by atoms with Crippen LogP contribution in [0.4, 0.5) is 5.69 Å². The number of fused-ring (bicyclic) bond motifs is 3. The standard InChI is InChI=1S/C20H22N2O5S/c1-22(13-7-8-28(24,25)12-13)11-20(23)21-16-10-18-15(9-19(16)26-2)14-5-3-4-6-17(14)27-18/h3-6,9-10,13H,7-8,11-12H2,1-2H3,(H,21,23)/t13-/m1/s1. The third kappa shape index (κ3) is 3.57. The lowest BCUT2D eigenvalue weighted by molar-refractivity contribution is -0.117. The number of likely N-dealkylation sites (N-methyl/N-ethyl adjacent to an activating group) is 1. The summed E-state index contributed by atoms with van der Waals surface area (Å²) in [5, 5.41) is 4.76. The summed E-state index contributed by atoms with van der Waals surface area (Å²) in [7, 11) is 0.330. The molecule has 1 aromatic heterocycles. The van der Waals surface area contributed by atoms with Crippen molar-refractivity contribution in [3.63, 3.8) is 0 Å². The average Bonchev–Trinajstić information content (AvgIpc) is 3.20. The molecule has 0 aliphatic carbocycles. The number of rotatable bonds is 5. The third-order valence-corrected chi connectivity index (χ3v) is 6.95. The van der Waals surface area contributed by atoms with Gasteiger partial charge in [-0.15, -0.1) is 0 Å². The molecule has 2 aromatic carbocycles. The Balaban J connectivity index is 1.55. The van der Waals surface area contributed by atoms with Crippen LogP contribution in [0.2, 0.25) is 0 Å². The van der Waals surface area contributed by atoms with Crippen LogP contribution in [0.3, 0.4) is 0 Å². The normalized spacial score (nSPS) is 18.8. The van der Waals surface area contributed by atoms with E-state index in [4.69, 9.17) is 9.15 Å². The number of anilines is 1. The molecule has 1 saturated heterocycles. The van der Waals surface area contributed by atoms with Crippen LogP contribution in [-0.4, -0.2) is 57.5 Å². The van der Waals surface area contributed by atoms with E-state index in [0.29, 0.717) is 23.4 Å². The van der Waals surface area contributed by atoms with Gasteiger partial charge in [0.25, 0.3) is 0 Å². The number of ether oxygens (including phenoxy) is 1. The van der Waals surface area contributed by atoms with Crippen LogP contribution in [0.25, 0.3) is 21.9 Å². The number of hydrogen-bond acceptors (Lipinski definition) is 6. The number of methoxy groups -OCH3 is 1. The van der Waals surface area contributed by atoms with Crippen LogP contribution in [0.15, 0.2) is 40.8 Å². The fourth-order valence-corrected chi connectivity index (χ4v) is 5.49. The fraction of sp³-hybridized carbons (Fsp3) is 0.350. The Morgan fingerprint density at radius 2 is 2.04 bits per heavy atom. The predicted molar refractivity (Wildman–Crippen MR) is 109 cm³/mol. The number of benzene rings is 2. The minimum atomic E-state index is -2.99. The number of nitrogens with zero attached hydrogens (tertiary/aromatic N) is 1. The Morgan fingerprint density at radius 1 is 1.25 bits per heavy atom. The van der Waals surface area contributed by atoms with E-state index in [0.717, 1.165) is 16.4 Å². The number of sulfone groups is 1. The monoisotopic (exact) mass is 402 g/mol. The SMILES string of the molecule is COc1cc2c(cc1NC(=O)CN(C)[C@@H]1CCS(=O)(=O)C1)oc1ccccc12. The zero-order valence-electron chi connectivity index (χ0n) is 15.8. The van der Waals surface area contributed by atoms with Gasteiger partial charge in [0.05, 0.1) is 30.8 Å². The minimum absolute atomic E-state index is 0.0987. The lowest BCUT2D eigenvalue weighted by Crippen LogP contribution is -2.38. The van der Waals surface area contributed by atoms with Crippen molar-refractivity contribution in [3.05, 3.63) is 36.4 Å². The first-order valence-electron chi connectivity index (χ1n) is 9.06. The predicted octanol–water partition coefficient (Wildman–Crippen LogP) is 2.65. The van der Waals surface area contributed by atoms with Crippen LogP contribution in [0.5, 0.6) is 5.75 Å². The Bertz CT molecular complexity index is 1150. The maximum Gasteiger partial charge on any atom is 0.238 e. The lowest BCUT2D eigenvalue weighted by Gasteiger charge is -2.22. The molecular formula is C20H22N2O5S. The molecule has 28 heavy (non-hydrogen) atoms. The number of carbonyl (C=O) groups is 1. The van der Waals surface area contributed by atoms with Gasteiger partial charge in [-0.2, -0.15) is 0 Å². The fourth-order valence-electron chi connectivity index (χ4n) is 3.69. The summed E-state index contributed by atoms with van der Waals surface area (Å²) >= 11 is 0. The van der Waals surface area contributed by atoms with Crippen molar-refractivity contribution < 1.29 is 22.4 Å². The zero-order valence-corrected chi connectivity index (χ0v) is 16.6. The molecule has 1 aliphatic heterocycles. The molecule has 0 unspecified atom stereocenters. The zero-order chi connectivity index (χ0) is 19.9. The molecule has 4 rings (SSSR count). The first kappa shape index (κ1) is 18.8. The topological polar surface area (TPSA) is 88.9 Å². The van der Waals surface area contributed by atoms with Crippen molar-refractivity contribution >= 4 is 43.4 Å². The van der Waals surface area contributed by atoms with E-state index in [1.807, 2.05) is 30.3 Å². The summed E-state index contributed by atoms with van der Waals surface area (Å²) in [5.41, 5.74) is 1.95. The first-order chi connectivity index (χ1) is 13.4. The molecule has 1 fully saturated rings. The summed E-state index contributed by atoms with van der Waals surface area (Å²) in [6.45, 7) is 0.0987. The van der Waals surface area contributed by atoms with E-state index in [1.54, 1.807) is 25.1 Å². The van der Waals surface area contributed by atoms with Crippen molar-refractivity contribution in [2.45, 2.75) is 12.5 Å². The van der Waals surface area contributed by atoms with Crippen molar-refractivity contribution in [3.8, 4) is 5.75 Å². The van der Waals surface area contributed by atoms with E-state index in [1.165, 1.54) is 0 Å². The largest absolute Gasteiger partial charge is 0.495 e. The molecule has 1 aliphatic rings. The molecule has 148 valence electrons. The van der Waals surface area contributed by atoms with Crippen molar-refractivity contribution in [1.82, 2.24) is 4.90 Å². The van der Waals surface area contributed by atoms with Crippen molar-refractivity contribution in [2.75, 3.05) is 37.5 Å². The van der Waals surface area contributed by atoms with Crippen LogP contribution in [0.1, 0.15) is 6.42 Å². The molecule has 1 atom stereocenters. The number of amides is 1. The second-order valence-corrected chi connectivity index (χ2v) is 9.40. The third-order valence-electron chi connectivity index (χ3n) is 5.20. The molecule has 0 bridgehead atoms. The van der Waals surface area contributed by atoms with E-state index in [2.05, 4.69) is 5.32 Å². The molecule has 1 N–H and O–H groups in total. The smallest absolute Gasteiger partial charge is 0.238 e. The molecule has 2 heterocycles. The van der Waals surface area contributed by atoms with Gasteiger partial charge in [0, 0.05) is 22.9 Å². The van der Waals surface area contributed by atoms with Crippen LogP contribution in [0, 0.1) is 0 Å². The molecule has 0 radical (unpaired) electrons. The number of para-hydroxylation sites is 1. The van der Waals surface area contributed by atoms with E-state index < -0.39 is 9.84 Å². The highest BCUT2D eigenvalue weighted by atomic mass is 32.2. The summed E-state index contributed by atoms with van der Waals surface area (Å²) < 4.78 is 34.6. The Labute approximate surface area is 163 Å². The minimum Gasteiger partial charge on any atom is -0.495 e. The van der Waals surface area contributed by atoms with Crippen molar-refractivity contribution in [2.24, 2.45) is 0 Å². The van der Waals surface area contributed by atoms with Gasteiger partial charge in [0.15, 0.2) is 9.84 Å². The number of furan rings is 1. The number of hydrogen-bond donors (Lipinski definition) is 1. The van der Waals surface area contributed by atoms with Gasteiger partial charge in [0.1, 0.15) is 16.9 Å².